The summed E-state index contributed by atoms with van der Waals surface area (Å²) < 4.78 is 78.8. The molecule has 2 aromatic carbocycles. The monoisotopic (exact) mass is 870 g/mol. The van der Waals surface area contributed by atoms with Crippen molar-refractivity contribution in [2.75, 3.05) is 0 Å². The number of halogens is 6. The molecule has 0 atom stereocenters. The average Bonchev–Trinajstić information content (AvgIpc) is 3.01. The summed E-state index contributed by atoms with van der Waals surface area (Å²) in [6.07, 6.45) is -3.86. The Morgan fingerprint density at radius 2 is 1.45 bits per heavy atom. The van der Waals surface area contributed by atoms with Gasteiger partial charge in [0.15, 0.2) is 11.7 Å². The van der Waals surface area contributed by atoms with Gasteiger partial charge < -0.3 is 5.11 Å². The van der Waals surface area contributed by atoms with Crippen LogP contribution in [0.15, 0.2) is 48.5 Å². The second kappa shape index (κ2) is 18.5. The van der Waals surface area contributed by atoms with Gasteiger partial charge in [0, 0.05) is 38.0 Å². The van der Waals surface area contributed by atoms with Gasteiger partial charge in [0.05, 0.1) is 11.3 Å². The summed E-state index contributed by atoms with van der Waals surface area (Å²) in [5, 5.41) is 10.6. The van der Waals surface area contributed by atoms with Crippen molar-refractivity contribution in [2.45, 2.75) is 111 Å². The molecule has 1 radical (unpaired) electrons. The second-order valence-electron chi connectivity index (χ2n) is 12.9. The van der Waals surface area contributed by atoms with Crippen LogP contribution in [0.1, 0.15) is 102 Å². The van der Waals surface area contributed by atoms with E-state index in [0.717, 1.165) is 58.8 Å². The minimum atomic E-state index is -5.28. The molecule has 0 spiro atoms. The number of rotatable bonds is 10. The molecule has 4 rings (SSSR count). The summed E-state index contributed by atoms with van der Waals surface area (Å²) in [6, 6.07) is 13.0. The fourth-order valence-electron chi connectivity index (χ4n) is 6.77. The summed E-state index contributed by atoms with van der Waals surface area (Å²) in [5.74, 6) is -4.26. The van der Waals surface area contributed by atoms with Crippen molar-refractivity contribution in [2.24, 2.45) is 23.7 Å². The first-order valence-corrected chi connectivity index (χ1v) is 16.9. The first-order chi connectivity index (χ1) is 22.5. The van der Waals surface area contributed by atoms with E-state index in [1.54, 1.807) is 0 Å². The number of aryl methyl sites for hydroxylation is 2. The number of hydrogen-bond donors (Lipinski definition) is 1. The van der Waals surface area contributed by atoms with Crippen LogP contribution in [0.3, 0.4) is 0 Å². The van der Waals surface area contributed by atoms with Crippen LogP contribution in [-0.4, -0.2) is 33.2 Å². The Morgan fingerprint density at radius 3 is 1.98 bits per heavy atom. The Kier molecular flexibility index (Phi) is 16.0. The molecule has 4 nitrogen and oxygen atoms in total. The van der Waals surface area contributed by atoms with Gasteiger partial charge in [-0.3, -0.25) is 9.78 Å². The number of alkyl halides is 6. The number of aliphatic hydroxyl groups excluding tert-OH is 1. The van der Waals surface area contributed by atoms with Crippen molar-refractivity contribution < 1.29 is 56.3 Å². The molecule has 49 heavy (non-hydrogen) atoms. The number of carbonyl (C=O) groups excluding carboxylic acids is 1. The fraction of sp³-hybridized carbons (Fsp3) is 0.553. The average molecular weight is 870 g/mol. The normalized spacial score (nSPS) is 17.2. The van der Waals surface area contributed by atoms with Crippen LogP contribution >= 0.6 is 0 Å². The van der Waals surface area contributed by atoms with E-state index < -0.39 is 24.2 Å². The number of aliphatic hydroxyl groups is 1. The molecule has 1 aromatic heterocycles. The molecular formula is C38H47F6IrN2O2-. The van der Waals surface area contributed by atoms with Gasteiger partial charge in [-0.2, -0.15) is 26.3 Å². The molecule has 1 heterocycles. The summed E-state index contributed by atoms with van der Waals surface area (Å²) >= 11 is 0. The van der Waals surface area contributed by atoms with Crippen molar-refractivity contribution in [3.8, 4) is 11.3 Å². The first kappa shape index (κ1) is 42.4. The molecule has 11 heteroatoms. The van der Waals surface area contributed by atoms with Gasteiger partial charge in [0.25, 0.3) is 0 Å². The molecule has 273 valence electrons. The van der Waals surface area contributed by atoms with Gasteiger partial charge in [0.1, 0.15) is 6.33 Å². The van der Waals surface area contributed by atoms with E-state index in [0.29, 0.717) is 5.69 Å². The van der Waals surface area contributed by atoms with Gasteiger partial charge >= 0.3 is 12.4 Å². The van der Waals surface area contributed by atoms with Crippen LogP contribution in [0.4, 0.5) is 26.3 Å². The van der Waals surface area contributed by atoms with E-state index in [2.05, 4.69) is 16.0 Å². The molecule has 0 bridgehead atoms. The van der Waals surface area contributed by atoms with Crippen LogP contribution < -0.4 is 0 Å². The predicted molar refractivity (Wildman–Crippen MR) is 177 cm³/mol. The van der Waals surface area contributed by atoms with Crippen molar-refractivity contribution >= 4 is 16.7 Å². The maximum atomic E-state index is 13.1. The quantitative estimate of drug-likeness (QED) is 0.0954. The van der Waals surface area contributed by atoms with Gasteiger partial charge in [-0.1, -0.05) is 46.8 Å². The molecule has 1 saturated carbocycles. The number of benzene rings is 2. The Balaban J connectivity index is 0.000000444. The van der Waals surface area contributed by atoms with Crippen LogP contribution in [0.25, 0.3) is 22.2 Å². The van der Waals surface area contributed by atoms with E-state index in [9.17, 15) is 36.2 Å². The number of hydrogen-bond acceptors (Lipinski definition) is 4. The van der Waals surface area contributed by atoms with Crippen molar-refractivity contribution in [1.82, 2.24) is 9.97 Å². The Labute approximate surface area is 299 Å². The van der Waals surface area contributed by atoms with Gasteiger partial charge in [-0.15, -0.1) is 34.9 Å². The largest absolute Gasteiger partial charge is 0.512 e. The number of nitrogens with zero attached hydrogens (tertiary/aromatic N) is 2. The zero-order chi connectivity index (χ0) is 35.8. The standard InChI is InChI=1S/C25H23F6N2.C13H24O2.Ir/c1-14-3-8-20-21(11-14)32-13-33-22(20)19-10-15(2)9-18(12-19)16-4-6-17(7-5-16)23(24(26,27)28)25(29,30)31;1-5-10(6-2)12(14)9-13(15)11(7-3)8-4;/h3,8-9,11-13,16-17,23H,4-7H2,1-2H3;9-11,14H,5-8H2,1-4H3;/q-1;;/b;12-9-;. The van der Waals surface area contributed by atoms with Gasteiger partial charge in [-0.25, -0.2) is 4.98 Å². The summed E-state index contributed by atoms with van der Waals surface area (Å²) in [6.45, 7) is 11.9. The number of carbonyl (C=O) groups is 1. The second-order valence-corrected chi connectivity index (χ2v) is 12.9. The topological polar surface area (TPSA) is 63.1 Å². The number of aromatic nitrogens is 2. The minimum Gasteiger partial charge on any atom is -0.512 e. The van der Waals surface area contributed by atoms with E-state index in [1.165, 1.54) is 12.4 Å². The van der Waals surface area contributed by atoms with Crippen LogP contribution in [-0.2, 0) is 24.9 Å². The summed E-state index contributed by atoms with van der Waals surface area (Å²) in [4.78, 5) is 20.5. The molecule has 0 aliphatic heterocycles. The summed E-state index contributed by atoms with van der Waals surface area (Å²) in [5.41, 5.74) is 5.04. The Morgan fingerprint density at radius 1 is 0.878 bits per heavy atom. The van der Waals surface area contributed by atoms with E-state index >= 15 is 0 Å². The van der Waals surface area contributed by atoms with Crippen LogP contribution in [0.2, 0.25) is 0 Å². The van der Waals surface area contributed by atoms with E-state index in [4.69, 9.17) is 0 Å². The molecule has 1 aliphatic carbocycles. The predicted octanol–water partition coefficient (Wildman–Crippen LogP) is 11.6. The minimum absolute atomic E-state index is 0. The van der Waals surface area contributed by atoms with Gasteiger partial charge in [0.2, 0.25) is 0 Å². The number of ketones is 1. The van der Waals surface area contributed by atoms with Crippen LogP contribution in [0.5, 0.6) is 0 Å². The molecule has 0 amide bonds. The third-order valence-corrected chi connectivity index (χ3v) is 9.58. The zero-order valence-electron chi connectivity index (χ0n) is 28.9. The molecule has 1 fully saturated rings. The third kappa shape index (κ3) is 11.4. The third-order valence-electron chi connectivity index (χ3n) is 9.58. The van der Waals surface area contributed by atoms with E-state index in [1.807, 2.05) is 71.9 Å². The molecule has 3 aromatic rings. The van der Waals surface area contributed by atoms with E-state index in [-0.39, 0.29) is 75.1 Å². The zero-order valence-corrected chi connectivity index (χ0v) is 31.3. The SMILES string of the molecule is CCC(CC)C(=O)/C=C(\O)C(CC)CC.Cc1[c-]c(-c2ncnc3cc(C)ccc23)cc(C2CCC(C(C(F)(F)F)C(F)(F)F)CC2)c1.[Ir]. The smallest absolute Gasteiger partial charge is 0.400 e. The van der Waals surface area contributed by atoms with Crippen molar-refractivity contribution in [1.29, 1.82) is 0 Å². The number of allylic oxidation sites excluding steroid dienone is 2. The molecule has 1 aliphatic rings. The fourth-order valence-corrected chi connectivity index (χ4v) is 6.77. The van der Waals surface area contributed by atoms with Crippen molar-refractivity contribution in [3.63, 3.8) is 0 Å². The van der Waals surface area contributed by atoms with Gasteiger partial charge in [-0.05, 0) is 92.8 Å². The Bertz CT molecular complexity index is 1530. The van der Waals surface area contributed by atoms with Crippen LogP contribution in [0, 0.1) is 43.6 Å². The first-order valence-electron chi connectivity index (χ1n) is 16.9. The Hall–Kier alpha value is -2.78. The maximum Gasteiger partial charge on any atom is 0.400 e. The molecular weight excluding hydrogens is 823 g/mol. The molecule has 0 saturated heterocycles. The van der Waals surface area contributed by atoms with Crippen molar-refractivity contribution in [3.05, 3.63) is 71.3 Å². The number of fused-ring (bicyclic) bond motifs is 1. The molecule has 0 unspecified atom stereocenters. The maximum absolute atomic E-state index is 13.1. The summed E-state index contributed by atoms with van der Waals surface area (Å²) in [7, 11) is 0. The molecule has 1 N–H and O–H groups in total.